The van der Waals surface area contributed by atoms with Gasteiger partial charge in [-0.15, -0.1) is 0 Å². The third-order valence-corrected chi connectivity index (χ3v) is 22.7. The van der Waals surface area contributed by atoms with Gasteiger partial charge in [-0.2, -0.15) is 0 Å². The van der Waals surface area contributed by atoms with Crippen LogP contribution in [-0.4, -0.2) is 54.3 Å². The zero-order valence-corrected chi connectivity index (χ0v) is 70.9. The van der Waals surface area contributed by atoms with Crippen LogP contribution in [0, 0.1) is 0 Å². The average molecular weight is 1760 g/mol. The van der Waals surface area contributed by atoms with Crippen molar-refractivity contribution >= 4 is 130 Å². The van der Waals surface area contributed by atoms with Crippen molar-refractivity contribution in [3.05, 3.63) is 448 Å². The smallest absolute Gasteiger partial charge is 0.223 e. The maximum atomic E-state index is 13.0. The topological polar surface area (TPSA) is 357 Å². The lowest BCUT2D eigenvalue weighted by Crippen LogP contribution is -2.09. The van der Waals surface area contributed by atoms with E-state index in [9.17, 15) is 48.6 Å². The number of nitrogens with zero attached hydrogens (tertiary/aromatic N) is 4. The Morgan fingerprint density at radius 3 is 0.940 bits per heavy atom. The van der Waals surface area contributed by atoms with Crippen LogP contribution in [0.25, 0.3) is 198 Å². The second-order valence-electron chi connectivity index (χ2n) is 30.6. The van der Waals surface area contributed by atoms with Gasteiger partial charge in [-0.05, 0) is 143 Å². The molecule has 0 unspecified atom stereocenters. The van der Waals surface area contributed by atoms with E-state index in [1.807, 2.05) is 218 Å². The third kappa shape index (κ3) is 16.7. The van der Waals surface area contributed by atoms with Crippen LogP contribution in [0.1, 0.15) is 0 Å². The Morgan fingerprint density at radius 2 is 0.604 bits per heavy atom. The van der Waals surface area contributed by atoms with Crippen LogP contribution in [0.5, 0.6) is 23.0 Å². The van der Waals surface area contributed by atoms with E-state index in [4.69, 9.17) is 36.0 Å². The number of benzene rings is 12. The summed E-state index contributed by atoms with van der Waals surface area (Å²) in [5, 5.41) is 33.0. The number of methoxy groups -OCH3 is 2. The molecule has 0 aliphatic heterocycles. The first kappa shape index (κ1) is 84.6. The molecule has 134 heavy (non-hydrogen) atoms. The lowest BCUT2D eigenvalue weighted by Gasteiger charge is -2.06. The van der Waals surface area contributed by atoms with Crippen molar-refractivity contribution in [1.29, 1.82) is 0 Å². The number of hydrogen-bond donors (Lipinski definition) is 4. The number of aromatic hydroxyl groups is 2. The SMILES string of the molecule is COc1ccc(-c2coc3ccc4ccccc4c3c2=O)nc1.COc1ccnc(-c2coc3ccc4ccccc4c3c2=O)c1.O=c1c(-c2ccc(O)cn2)coc2ccc3ccccc3c12.O=c1c(-c2ccccn2)coc2ccc3ccccc3c12.O=c1cc(-c2coc3ccc4ccccc4c3c2=O)[nH]cc1O.O=c1cc[nH]c(-c2coc3ccc4ccccc4c3c2=O)c1. The summed E-state index contributed by atoms with van der Waals surface area (Å²) in [5.41, 5.74) is 7.12. The summed E-state index contributed by atoms with van der Waals surface area (Å²) in [7, 11) is 3.16. The molecule has 12 aromatic carbocycles. The molecule has 12 heterocycles. The van der Waals surface area contributed by atoms with Crippen LogP contribution in [0.15, 0.2) is 431 Å². The number of H-pyrrole nitrogens is 2. The molecule has 24 rings (SSSR count). The fourth-order valence-electron chi connectivity index (χ4n) is 16.1. The lowest BCUT2D eigenvalue weighted by molar-refractivity contribution is 0.413. The number of fused-ring (bicyclic) bond motifs is 18. The predicted molar refractivity (Wildman–Crippen MR) is 521 cm³/mol. The summed E-state index contributed by atoms with van der Waals surface area (Å²) >= 11 is 0. The van der Waals surface area contributed by atoms with E-state index in [1.54, 1.807) is 81.3 Å². The first-order valence-corrected chi connectivity index (χ1v) is 41.8. The van der Waals surface area contributed by atoms with Crippen LogP contribution in [0.4, 0.5) is 0 Å². The highest BCUT2D eigenvalue weighted by Crippen LogP contribution is 2.34. The molecule has 648 valence electrons. The van der Waals surface area contributed by atoms with Crippen molar-refractivity contribution in [3.8, 4) is 90.5 Å². The first-order valence-electron chi connectivity index (χ1n) is 41.8. The Labute approximate surface area is 754 Å². The Balaban J connectivity index is 0.000000103. The maximum absolute atomic E-state index is 13.0. The minimum atomic E-state index is -0.559. The fraction of sp³-hybridized carbons (Fsp3) is 0.0182. The summed E-state index contributed by atoms with van der Waals surface area (Å²) in [5.74, 6) is 0.945. The van der Waals surface area contributed by atoms with Crippen molar-refractivity contribution in [2.24, 2.45) is 0 Å². The van der Waals surface area contributed by atoms with E-state index < -0.39 is 11.2 Å². The van der Waals surface area contributed by atoms with Gasteiger partial charge in [0.1, 0.15) is 88.3 Å². The quantitative estimate of drug-likeness (QED) is 0.103. The zero-order chi connectivity index (χ0) is 92.0. The van der Waals surface area contributed by atoms with Crippen LogP contribution in [0.2, 0.25) is 0 Å². The van der Waals surface area contributed by atoms with Gasteiger partial charge in [-0.1, -0.05) is 188 Å². The van der Waals surface area contributed by atoms with Gasteiger partial charge in [0.25, 0.3) is 0 Å². The number of pyridine rings is 6. The third-order valence-electron chi connectivity index (χ3n) is 22.7. The van der Waals surface area contributed by atoms with E-state index in [2.05, 4.69) is 29.9 Å². The molecule has 0 bridgehead atoms. The summed E-state index contributed by atoms with van der Waals surface area (Å²) in [4.78, 5) is 123. The summed E-state index contributed by atoms with van der Waals surface area (Å²) < 4.78 is 44.1. The molecule has 12 aromatic heterocycles. The van der Waals surface area contributed by atoms with E-state index in [0.717, 1.165) is 70.8 Å². The molecule has 24 heteroatoms. The lowest BCUT2D eigenvalue weighted by atomic mass is 10.0. The molecular weight excluding hydrogens is 1690 g/mol. The number of hydrogen-bond acceptors (Lipinski definition) is 22. The first-order chi connectivity index (χ1) is 65.5. The molecule has 0 saturated heterocycles. The summed E-state index contributed by atoms with van der Waals surface area (Å²) in [6.07, 6.45) is 17.4. The summed E-state index contributed by atoms with van der Waals surface area (Å²) in [6.45, 7) is 0. The van der Waals surface area contributed by atoms with Gasteiger partial charge < -0.3 is 56.2 Å². The van der Waals surface area contributed by atoms with E-state index in [0.29, 0.717) is 139 Å². The van der Waals surface area contributed by atoms with Gasteiger partial charge in [-0.25, -0.2) is 0 Å². The van der Waals surface area contributed by atoms with Gasteiger partial charge in [0.15, 0.2) is 11.2 Å². The highest BCUT2D eigenvalue weighted by molar-refractivity contribution is 6.11. The number of aromatic amines is 2. The number of ether oxygens (including phenoxy) is 2. The Hall–Kier alpha value is -18.8. The number of rotatable bonds is 8. The molecule has 0 spiro atoms. The largest absolute Gasteiger partial charge is 0.506 e. The molecular formula is C110H70N6O18. The van der Waals surface area contributed by atoms with Crippen LogP contribution in [-0.2, 0) is 0 Å². The zero-order valence-electron chi connectivity index (χ0n) is 70.9. The van der Waals surface area contributed by atoms with Crippen molar-refractivity contribution in [3.63, 3.8) is 0 Å². The van der Waals surface area contributed by atoms with Crippen molar-refractivity contribution in [2.75, 3.05) is 14.2 Å². The molecule has 4 N–H and O–H groups in total. The minimum absolute atomic E-state index is 0.0493. The van der Waals surface area contributed by atoms with Crippen molar-refractivity contribution < 1.29 is 46.2 Å². The van der Waals surface area contributed by atoms with E-state index in [-0.39, 0.29) is 49.3 Å². The second kappa shape index (κ2) is 36.9. The summed E-state index contributed by atoms with van der Waals surface area (Å²) in [6, 6.07) is 88.2. The molecule has 24 aromatic rings. The molecule has 0 radical (unpaired) electrons. The van der Waals surface area contributed by atoms with Gasteiger partial charge in [0, 0.05) is 49.1 Å². The van der Waals surface area contributed by atoms with E-state index in [1.165, 1.54) is 74.2 Å². The Morgan fingerprint density at radius 1 is 0.276 bits per heavy atom. The molecule has 0 saturated carbocycles. The highest BCUT2D eigenvalue weighted by Gasteiger charge is 2.21. The number of aromatic nitrogens is 6. The van der Waals surface area contributed by atoms with Gasteiger partial charge >= 0.3 is 0 Å². The van der Waals surface area contributed by atoms with Gasteiger partial charge in [0.05, 0.1) is 126 Å². The van der Waals surface area contributed by atoms with Crippen LogP contribution in [0.3, 0.4) is 0 Å². The Bertz CT molecular complexity index is 9250. The monoisotopic (exact) mass is 1760 g/mol. The molecule has 0 aliphatic carbocycles. The maximum Gasteiger partial charge on any atom is 0.223 e. The van der Waals surface area contributed by atoms with E-state index >= 15 is 0 Å². The van der Waals surface area contributed by atoms with Crippen LogP contribution < -0.4 is 52.9 Å². The normalized spacial score (nSPS) is 11.1. The average Bonchev–Trinajstić information content (AvgIpc) is 0.783. The second-order valence-corrected chi connectivity index (χ2v) is 30.6. The number of nitrogens with one attached hydrogen (secondary N) is 2. The molecule has 0 fully saturated rings. The Kier molecular flexibility index (Phi) is 23.3. The standard InChI is InChI=1S/2C19H13NO3.C18H11NO4.2C18H11NO3.C18H11NO2/c1-22-13-7-8-16(20-10-13)15-11-23-17-9-6-12-4-2-3-5-14(12)18(17)19(15)21;1-22-13-8-9-20-16(10-13)15-11-23-17-7-6-12-4-2-3-5-14(12)18(17)19(15)21;20-14-7-13(19-8-15(14)21)12-9-23-16-6-5-10-3-1-2-4-11(10)17(16)18(12)22;20-12-6-7-15(19-9-12)14-10-22-16-8-5-11-3-1-2-4-13(11)17(16)18(14)21;20-12-7-8-19-15(9-12)14-10-22-16-6-5-11-3-1-2-4-13(11)17(16)18(14)21;20-18-14(15-7-3-4-10-19-15)11-21-16-9-8-12-5-1-2-6-13(12)17(16)18/h2*2-11H,1H3;1-9,21H,(H,19,20);1-10,20H;1-10H,(H,19,20);1-11H. The van der Waals surface area contributed by atoms with Gasteiger partial charge in [-0.3, -0.25) is 58.3 Å². The van der Waals surface area contributed by atoms with Crippen molar-refractivity contribution in [2.45, 2.75) is 0 Å². The predicted octanol–water partition coefficient (Wildman–Crippen LogP) is 22.1. The molecule has 0 aliphatic rings. The highest BCUT2D eigenvalue weighted by atomic mass is 16.5. The molecule has 24 nitrogen and oxygen atoms in total. The van der Waals surface area contributed by atoms with Crippen LogP contribution >= 0.6 is 0 Å². The molecule has 0 amide bonds. The minimum Gasteiger partial charge on any atom is -0.506 e. The van der Waals surface area contributed by atoms with Crippen molar-refractivity contribution in [1.82, 2.24) is 29.9 Å². The molecule has 0 atom stereocenters. The van der Waals surface area contributed by atoms with Gasteiger partial charge in [0.2, 0.25) is 38.0 Å². The fourth-order valence-corrected chi connectivity index (χ4v) is 16.1.